The molecule has 0 amide bonds. The fourth-order valence-corrected chi connectivity index (χ4v) is 4.77. The normalized spacial score (nSPS) is 11.1. The number of rotatable bonds is 9. The minimum atomic E-state index is -0.701. The van der Waals surface area contributed by atoms with Crippen LogP contribution >= 0.6 is 11.8 Å². The smallest absolute Gasteiger partial charge is 0.318 e. The largest absolute Gasteiger partial charge is 0.332 e. The topological polar surface area (TPSA) is 102 Å². The summed E-state index contributed by atoms with van der Waals surface area (Å²) < 4.78 is 0. The fourth-order valence-electron chi connectivity index (χ4n) is 3.95. The van der Waals surface area contributed by atoms with E-state index in [1.807, 2.05) is 43.3 Å². The number of hydrogen-bond donors (Lipinski definition) is 0. The second kappa shape index (κ2) is 12.2. The molecule has 0 aliphatic heterocycles. The molecule has 4 aromatic rings. The van der Waals surface area contributed by atoms with Gasteiger partial charge >= 0.3 is 5.97 Å². The van der Waals surface area contributed by atoms with E-state index in [-0.39, 0.29) is 22.7 Å². The van der Waals surface area contributed by atoms with E-state index in [2.05, 4.69) is 10.3 Å². The second-order valence-electron chi connectivity index (χ2n) is 8.71. The molecule has 4 rings (SSSR count). The van der Waals surface area contributed by atoms with Gasteiger partial charge in [-0.15, -0.1) is 4.91 Å². The number of Topliss-reactive ketones (excluding diaryl/α,β-unsaturated/α-hetero) is 1. The van der Waals surface area contributed by atoms with Crippen LogP contribution in [0.2, 0.25) is 0 Å². The Hall–Kier alpha value is -4.69. The van der Waals surface area contributed by atoms with E-state index < -0.39 is 11.8 Å². The van der Waals surface area contributed by atoms with Crippen LogP contribution in [0.5, 0.6) is 0 Å². The van der Waals surface area contributed by atoms with Crippen LogP contribution < -0.4 is 0 Å². The van der Waals surface area contributed by atoms with Gasteiger partial charge in [0.15, 0.2) is 11.5 Å². The molecule has 194 valence electrons. The first-order chi connectivity index (χ1) is 18.8. The number of nitrogens with zero attached hydrogens (tertiary/aromatic N) is 2. The van der Waals surface area contributed by atoms with Crippen molar-refractivity contribution in [2.45, 2.75) is 30.6 Å². The highest BCUT2D eigenvalue weighted by molar-refractivity contribution is 7.99. The molecule has 8 heteroatoms. The standard InChI is InChI=1S/C31H24N2O5S/c1-19-7-4-5-9-26(19)30(35)22-11-15-24(16-12-22)39-25-17-13-23(14-18-25)31(36)29(33-38-21(3)34)28-20(2)8-6-10-27(28)32-37/h4-18H,1-3H3/b33-29-. The van der Waals surface area contributed by atoms with Crippen LogP contribution in [0.3, 0.4) is 0 Å². The van der Waals surface area contributed by atoms with Crippen LogP contribution in [-0.2, 0) is 9.63 Å². The first-order valence-corrected chi connectivity index (χ1v) is 12.8. The highest BCUT2D eigenvalue weighted by Gasteiger charge is 2.23. The summed E-state index contributed by atoms with van der Waals surface area (Å²) in [6.45, 7) is 4.79. The lowest BCUT2D eigenvalue weighted by Crippen LogP contribution is -2.18. The molecule has 0 aliphatic carbocycles. The summed E-state index contributed by atoms with van der Waals surface area (Å²) in [6.07, 6.45) is 0. The van der Waals surface area contributed by atoms with Gasteiger partial charge < -0.3 is 4.84 Å². The maximum atomic E-state index is 13.4. The molecule has 39 heavy (non-hydrogen) atoms. The second-order valence-corrected chi connectivity index (χ2v) is 9.85. The molecule has 0 saturated heterocycles. The van der Waals surface area contributed by atoms with Gasteiger partial charge in [0, 0.05) is 39.0 Å². The number of benzene rings is 4. The predicted molar refractivity (Wildman–Crippen MR) is 151 cm³/mol. The lowest BCUT2D eigenvalue weighted by molar-refractivity contribution is -0.140. The Morgan fingerprint density at radius 1 is 0.718 bits per heavy atom. The van der Waals surface area contributed by atoms with Crippen molar-refractivity contribution in [3.8, 4) is 0 Å². The van der Waals surface area contributed by atoms with Gasteiger partial charge in [-0.05, 0) is 84.7 Å². The van der Waals surface area contributed by atoms with Crippen molar-refractivity contribution in [1.82, 2.24) is 0 Å². The molecule has 0 radical (unpaired) electrons. The summed E-state index contributed by atoms with van der Waals surface area (Å²) in [5, 5.41) is 6.77. The Bertz CT molecular complexity index is 1590. The third-order valence-corrected chi connectivity index (χ3v) is 6.94. The lowest BCUT2D eigenvalue weighted by atomic mass is 9.96. The minimum Gasteiger partial charge on any atom is -0.318 e. The van der Waals surface area contributed by atoms with Gasteiger partial charge in [0.1, 0.15) is 5.69 Å². The van der Waals surface area contributed by atoms with Gasteiger partial charge in [0.2, 0.25) is 5.78 Å². The van der Waals surface area contributed by atoms with Crippen LogP contribution in [0.1, 0.15) is 49.9 Å². The summed E-state index contributed by atoms with van der Waals surface area (Å²) in [5.41, 5.74) is 3.13. The highest BCUT2D eigenvalue weighted by Crippen LogP contribution is 2.30. The molecule has 0 heterocycles. The number of carbonyl (C=O) groups is 3. The van der Waals surface area contributed by atoms with Crippen LogP contribution in [0, 0.1) is 18.8 Å². The van der Waals surface area contributed by atoms with Crippen molar-refractivity contribution >= 4 is 40.7 Å². The van der Waals surface area contributed by atoms with Gasteiger partial charge in [-0.25, -0.2) is 4.79 Å². The molecule has 0 saturated carbocycles. The summed E-state index contributed by atoms with van der Waals surface area (Å²) >= 11 is 1.48. The molecule has 7 nitrogen and oxygen atoms in total. The van der Waals surface area contributed by atoms with Crippen LogP contribution in [0.15, 0.2) is 111 Å². The monoisotopic (exact) mass is 536 g/mol. The molecule has 0 spiro atoms. The number of hydrogen-bond acceptors (Lipinski definition) is 8. The number of ketones is 2. The van der Waals surface area contributed by atoms with E-state index in [9.17, 15) is 19.3 Å². The van der Waals surface area contributed by atoms with Gasteiger partial charge in [0.05, 0.1) is 0 Å². The molecular formula is C31H24N2O5S. The average molecular weight is 537 g/mol. The van der Waals surface area contributed by atoms with E-state index in [0.29, 0.717) is 22.3 Å². The Labute approximate surface area is 229 Å². The molecule has 0 N–H and O–H groups in total. The third-order valence-electron chi connectivity index (χ3n) is 5.92. The Balaban J connectivity index is 1.54. The van der Waals surface area contributed by atoms with Crippen LogP contribution in [0.25, 0.3) is 0 Å². The van der Waals surface area contributed by atoms with E-state index in [0.717, 1.165) is 15.4 Å². The summed E-state index contributed by atoms with van der Waals surface area (Å²) in [5.74, 6) is -1.25. The molecule has 0 bridgehead atoms. The molecule has 0 fully saturated rings. The summed E-state index contributed by atoms with van der Waals surface area (Å²) in [4.78, 5) is 55.6. The number of oxime groups is 1. The maximum absolute atomic E-state index is 13.4. The molecule has 0 aliphatic rings. The maximum Gasteiger partial charge on any atom is 0.332 e. The van der Waals surface area contributed by atoms with Gasteiger partial charge in [-0.1, -0.05) is 53.3 Å². The van der Waals surface area contributed by atoms with Crippen molar-refractivity contribution in [2.24, 2.45) is 10.3 Å². The third kappa shape index (κ3) is 6.42. The lowest BCUT2D eigenvalue weighted by Gasteiger charge is -2.10. The number of aryl methyl sites for hydroxylation is 2. The zero-order chi connectivity index (χ0) is 27.9. The Morgan fingerprint density at radius 3 is 1.90 bits per heavy atom. The van der Waals surface area contributed by atoms with Gasteiger partial charge in [0.25, 0.3) is 0 Å². The van der Waals surface area contributed by atoms with Crippen LogP contribution in [-0.4, -0.2) is 23.2 Å². The zero-order valence-corrected chi connectivity index (χ0v) is 22.3. The quantitative estimate of drug-likeness (QED) is 0.0735. The predicted octanol–water partition coefficient (Wildman–Crippen LogP) is 7.23. The van der Waals surface area contributed by atoms with Gasteiger partial charge in [-0.3, -0.25) is 9.59 Å². The molecule has 0 unspecified atom stereocenters. The van der Waals surface area contributed by atoms with E-state index in [4.69, 9.17) is 4.84 Å². The van der Waals surface area contributed by atoms with Crippen molar-refractivity contribution in [2.75, 3.05) is 0 Å². The summed E-state index contributed by atoms with van der Waals surface area (Å²) in [6, 6.07) is 26.5. The van der Waals surface area contributed by atoms with E-state index >= 15 is 0 Å². The number of nitroso groups, excluding NO2 is 1. The molecular weight excluding hydrogens is 512 g/mol. The highest BCUT2D eigenvalue weighted by atomic mass is 32.2. The van der Waals surface area contributed by atoms with Crippen LogP contribution in [0.4, 0.5) is 5.69 Å². The van der Waals surface area contributed by atoms with Crippen molar-refractivity contribution in [1.29, 1.82) is 0 Å². The number of carbonyl (C=O) groups excluding carboxylic acids is 3. The average Bonchev–Trinajstić information content (AvgIpc) is 2.94. The zero-order valence-electron chi connectivity index (χ0n) is 21.5. The Morgan fingerprint density at radius 2 is 1.31 bits per heavy atom. The van der Waals surface area contributed by atoms with Crippen molar-refractivity contribution in [3.05, 3.63) is 129 Å². The SMILES string of the molecule is CC(=O)O/N=C(\C(=O)c1ccc(Sc2ccc(C(=O)c3ccccc3C)cc2)cc1)c1c(C)cccc1N=O. The van der Waals surface area contributed by atoms with Crippen molar-refractivity contribution < 1.29 is 19.2 Å². The van der Waals surface area contributed by atoms with E-state index in [1.54, 1.807) is 55.5 Å². The van der Waals surface area contributed by atoms with E-state index in [1.165, 1.54) is 24.8 Å². The van der Waals surface area contributed by atoms with Crippen molar-refractivity contribution in [3.63, 3.8) is 0 Å². The Kier molecular flexibility index (Phi) is 8.58. The first kappa shape index (κ1) is 27.3. The molecule has 0 atom stereocenters. The fraction of sp³-hybridized carbons (Fsp3) is 0.0968. The molecule has 4 aromatic carbocycles. The minimum absolute atomic E-state index is 0.0192. The first-order valence-electron chi connectivity index (χ1n) is 12.0. The van der Waals surface area contributed by atoms with Gasteiger partial charge in [-0.2, -0.15) is 0 Å². The molecule has 0 aromatic heterocycles. The summed E-state index contributed by atoms with van der Waals surface area (Å²) in [7, 11) is 0.